The van der Waals surface area contributed by atoms with Crippen molar-refractivity contribution in [1.29, 1.82) is 0 Å². The number of carbonyl (C=O) groups is 1. The summed E-state index contributed by atoms with van der Waals surface area (Å²) in [5.74, 6) is 0.776. The van der Waals surface area contributed by atoms with Crippen molar-refractivity contribution in [1.82, 2.24) is 10.6 Å². The molecule has 3 N–H and O–H groups in total. The first-order chi connectivity index (χ1) is 11.2. The zero-order chi connectivity index (χ0) is 16.9. The van der Waals surface area contributed by atoms with Gasteiger partial charge in [0, 0.05) is 46.0 Å². The Morgan fingerprint density at radius 3 is 2.57 bits per heavy atom. The Morgan fingerprint density at radius 2 is 1.96 bits per heavy atom. The molecule has 0 unspecified atom stereocenters. The molecule has 128 valence electrons. The van der Waals surface area contributed by atoms with E-state index in [0.717, 1.165) is 50.7 Å². The molecule has 0 saturated carbocycles. The van der Waals surface area contributed by atoms with Crippen LogP contribution in [-0.4, -0.2) is 45.2 Å². The molecule has 0 spiro atoms. The molecule has 6 nitrogen and oxygen atoms in total. The van der Waals surface area contributed by atoms with E-state index in [-0.39, 0.29) is 5.91 Å². The van der Waals surface area contributed by atoms with Crippen molar-refractivity contribution in [2.75, 3.05) is 38.7 Å². The lowest BCUT2D eigenvalue weighted by atomic mass is 10.1. The van der Waals surface area contributed by atoms with Crippen LogP contribution < -0.4 is 16.0 Å². The maximum Gasteiger partial charge on any atom is 0.221 e. The fourth-order valence-corrected chi connectivity index (χ4v) is 2.02. The van der Waals surface area contributed by atoms with Crippen LogP contribution in [0.4, 0.5) is 5.69 Å². The number of hydrogen-bond acceptors (Lipinski definition) is 3. The maximum atomic E-state index is 11.0. The van der Waals surface area contributed by atoms with Crippen LogP contribution in [0.15, 0.2) is 29.3 Å². The van der Waals surface area contributed by atoms with E-state index in [4.69, 9.17) is 4.74 Å². The zero-order valence-corrected chi connectivity index (χ0v) is 14.3. The molecule has 6 heteroatoms. The Hall–Kier alpha value is -2.08. The van der Waals surface area contributed by atoms with Crippen LogP contribution >= 0.6 is 0 Å². The summed E-state index contributed by atoms with van der Waals surface area (Å²) in [6.07, 6.45) is 1.81. The summed E-state index contributed by atoms with van der Waals surface area (Å²) in [6, 6.07) is 7.88. The first-order valence-electron chi connectivity index (χ1n) is 8.03. The minimum absolute atomic E-state index is 0.0561. The molecule has 0 heterocycles. The van der Waals surface area contributed by atoms with Gasteiger partial charge in [-0.2, -0.15) is 0 Å². The Balaban J connectivity index is 2.38. The van der Waals surface area contributed by atoms with E-state index in [2.05, 4.69) is 20.9 Å². The summed E-state index contributed by atoms with van der Waals surface area (Å²) in [5.41, 5.74) is 2.03. The van der Waals surface area contributed by atoms with E-state index in [0.29, 0.717) is 0 Å². The van der Waals surface area contributed by atoms with E-state index >= 15 is 0 Å². The molecule has 0 aliphatic carbocycles. The van der Waals surface area contributed by atoms with Crippen LogP contribution in [0.5, 0.6) is 0 Å². The number of methoxy groups -OCH3 is 1. The van der Waals surface area contributed by atoms with Gasteiger partial charge in [-0.3, -0.25) is 9.79 Å². The number of nitrogens with zero attached hydrogens (tertiary/aromatic N) is 1. The van der Waals surface area contributed by atoms with Crippen LogP contribution in [0.25, 0.3) is 0 Å². The normalized spacial score (nSPS) is 11.2. The fraction of sp³-hybridized carbons (Fsp3) is 0.529. The number of benzene rings is 1. The van der Waals surface area contributed by atoms with E-state index in [9.17, 15) is 4.79 Å². The van der Waals surface area contributed by atoms with Crippen molar-refractivity contribution in [2.24, 2.45) is 4.99 Å². The number of amides is 1. The lowest BCUT2D eigenvalue weighted by Gasteiger charge is -2.11. The second kappa shape index (κ2) is 11.5. The molecule has 0 radical (unpaired) electrons. The highest BCUT2D eigenvalue weighted by Gasteiger charge is 1.99. The molecule has 1 aromatic carbocycles. The summed E-state index contributed by atoms with van der Waals surface area (Å²) in [7, 11) is 1.70. The number of rotatable bonds is 9. The molecule has 0 fully saturated rings. The number of guanidine groups is 1. The summed E-state index contributed by atoms with van der Waals surface area (Å²) >= 11 is 0. The standard InChI is InChI=1S/C17H28N4O2/c1-4-18-17(19-11-5-13-23-3)20-12-10-15-6-8-16(9-7-15)21-14(2)22/h6-9H,4-5,10-13H2,1-3H3,(H,21,22)(H2,18,19,20). The Kier molecular flexibility index (Phi) is 9.47. The molecule has 0 aromatic heterocycles. The minimum atomic E-state index is -0.0561. The van der Waals surface area contributed by atoms with Gasteiger partial charge < -0.3 is 20.7 Å². The van der Waals surface area contributed by atoms with E-state index in [1.54, 1.807) is 7.11 Å². The molecule has 0 atom stereocenters. The Bertz CT molecular complexity index is 486. The van der Waals surface area contributed by atoms with Crippen molar-refractivity contribution in [2.45, 2.75) is 26.7 Å². The molecular weight excluding hydrogens is 292 g/mol. The maximum absolute atomic E-state index is 11.0. The van der Waals surface area contributed by atoms with Gasteiger partial charge in [-0.1, -0.05) is 12.1 Å². The molecule has 0 saturated heterocycles. The fourth-order valence-electron chi connectivity index (χ4n) is 2.02. The number of carbonyl (C=O) groups excluding carboxylic acids is 1. The molecule has 1 amide bonds. The third-order valence-corrected chi connectivity index (χ3v) is 3.10. The average Bonchev–Trinajstić information content (AvgIpc) is 2.52. The van der Waals surface area contributed by atoms with Gasteiger partial charge in [0.25, 0.3) is 0 Å². The largest absolute Gasteiger partial charge is 0.385 e. The third-order valence-electron chi connectivity index (χ3n) is 3.10. The van der Waals surface area contributed by atoms with Gasteiger partial charge >= 0.3 is 0 Å². The van der Waals surface area contributed by atoms with Gasteiger partial charge in [-0.15, -0.1) is 0 Å². The average molecular weight is 320 g/mol. The lowest BCUT2D eigenvalue weighted by Crippen LogP contribution is -2.38. The molecule has 23 heavy (non-hydrogen) atoms. The van der Waals surface area contributed by atoms with Crippen molar-refractivity contribution < 1.29 is 9.53 Å². The number of nitrogens with one attached hydrogen (secondary N) is 3. The Morgan fingerprint density at radius 1 is 1.22 bits per heavy atom. The summed E-state index contributed by atoms with van der Waals surface area (Å²) < 4.78 is 5.02. The topological polar surface area (TPSA) is 74.8 Å². The number of ether oxygens (including phenoxy) is 1. The quantitative estimate of drug-likeness (QED) is 0.368. The highest BCUT2D eigenvalue weighted by molar-refractivity contribution is 5.88. The van der Waals surface area contributed by atoms with E-state index in [1.165, 1.54) is 12.5 Å². The van der Waals surface area contributed by atoms with Crippen LogP contribution in [0.1, 0.15) is 25.8 Å². The predicted molar refractivity (Wildman–Crippen MR) is 94.9 cm³/mol. The van der Waals surface area contributed by atoms with Crippen molar-refractivity contribution in [3.05, 3.63) is 29.8 Å². The highest BCUT2D eigenvalue weighted by atomic mass is 16.5. The third kappa shape index (κ3) is 8.83. The van der Waals surface area contributed by atoms with Gasteiger partial charge in [0.1, 0.15) is 0 Å². The van der Waals surface area contributed by atoms with Gasteiger partial charge in [-0.05, 0) is 37.5 Å². The summed E-state index contributed by atoms with van der Waals surface area (Å²) in [6.45, 7) is 6.66. The number of aliphatic imine (C=N–C) groups is 1. The van der Waals surface area contributed by atoms with Crippen LogP contribution in [-0.2, 0) is 16.0 Å². The molecule has 0 aliphatic rings. The SMILES string of the molecule is CCNC(=NCCCOC)NCCc1ccc(NC(C)=O)cc1. The van der Waals surface area contributed by atoms with Crippen molar-refractivity contribution >= 4 is 17.6 Å². The molecular formula is C17H28N4O2. The van der Waals surface area contributed by atoms with Gasteiger partial charge in [0.05, 0.1) is 0 Å². The summed E-state index contributed by atoms with van der Waals surface area (Å²) in [5, 5.41) is 9.31. The number of anilines is 1. The first kappa shape index (κ1) is 19.0. The smallest absolute Gasteiger partial charge is 0.221 e. The number of hydrogen-bond donors (Lipinski definition) is 3. The molecule has 0 bridgehead atoms. The summed E-state index contributed by atoms with van der Waals surface area (Å²) in [4.78, 5) is 15.5. The van der Waals surface area contributed by atoms with Crippen LogP contribution in [0, 0.1) is 0 Å². The van der Waals surface area contributed by atoms with E-state index in [1.807, 2.05) is 31.2 Å². The first-order valence-corrected chi connectivity index (χ1v) is 8.03. The molecule has 1 rings (SSSR count). The van der Waals surface area contributed by atoms with Crippen LogP contribution in [0.3, 0.4) is 0 Å². The van der Waals surface area contributed by atoms with Gasteiger partial charge in [-0.25, -0.2) is 0 Å². The molecule has 0 aliphatic heterocycles. The van der Waals surface area contributed by atoms with Crippen LogP contribution in [0.2, 0.25) is 0 Å². The van der Waals surface area contributed by atoms with E-state index < -0.39 is 0 Å². The molecule has 1 aromatic rings. The highest BCUT2D eigenvalue weighted by Crippen LogP contribution is 2.09. The second-order valence-corrected chi connectivity index (χ2v) is 5.16. The minimum Gasteiger partial charge on any atom is -0.385 e. The van der Waals surface area contributed by atoms with Crippen molar-refractivity contribution in [3.63, 3.8) is 0 Å². The van der Waals surface area contributed by atoms with Gasteiger partial charge in [0.2, 0.25) is 5.91 Å². The second-order valence-electron chi connectivity index (χ2n) is 5.16. The van der Waals surface area contributed by atoms with Gasteiger partial charge in [0.15, 0.2) is 5.96 Å². The lowest BCUT2D eigenvalue weighted by molar-refractivity contribution is -0.114. The monoisotopic (exact) mass is 320 g/mol. The predicted octanol–water partition coefficient (Wildman–Crippen LogP) is 1.78. The zero-order valence-electron chi connectivity index (χ0n) is 14.3. The van der Waals surface area contributed by atoms with Crippen molar-refractivity contribution in [3.8, 4) is 0 Å². The Labute approximate surface area is 138 Å².